The molecular weight excluding hydrogens is 272 g/mol. The molecule has 0 radical (unpaired) electrons. The van der Waals surface area contributed by atoms with Gasteiger partial charge in [0, 0.05) is 6.61 Å². The zero-order valence-electron chi connectivity index (χ0n) is 15.7. The first-order valence-electron chi connectivity index (χ1n) is 9.63. The van der Waals surface area contributed by atoms with Gasteiger partial charge in [-0.1, -0.05) is 78.1 Å². The molecule has 0 fully saturated rings. The van der Waals surface area contributed by atoms with Gasteiger partial charge in [0.05, 0.1) is 0 Å². The molecule has 0 aliphatic carbocycles. The van der Waals surface area contributed by atoms with Crippen molar-refractivity contribution in [1.82, 2.24) is 0 Å². The molecule has 0 aromatic heterocycles. The first-order valence-corrected chi connectivity index (χ1v) is 13.0. The number of hydrogen-bond acceptors (Lipinski definition) is 1. The summed E-state index contributed by atoms with van der Waals surface area (Å²) >= 11 is 0. The first kappa shape index (κ1) is 21.2. The van der Waals surface area contributed by atoms with Gasteiger partial charge >= 0.3 is 0 Å². The third kappa shape index (κ3) is 16.4. The Kier molecular flexibility index (Phi) is 13.9. The van der Waals surface area contributed by atoms with E-state index in [1.807, 2.05) is 0 Å². The molecule has 0 aliphatic rings. The number of hydrogen-bond donors (Lipinski definition) is 0. The third-order valence-corrected chi connectivity index (χ3v) is 5.22. The van der Waals surface area contributed by atoms with Crippen LogP contribution in [-0.4, -0.2) is 14.9 Å². The van der Waals surface area contributed by atoms with E-state index in [0.717, 1.165) is 12.5 Å². The smallest absolute Gasteiger partial charge is 0.183 e. The van der Waals surface area contributed by atoms with Gasteiger partial charge in [-0.15, -0.1) is 0 Å². The van der Waals surface area contributed by atoms with Crippen LogP contribution in [0.25, 0.3) is 0 Å². The van der Waals surface area contributed by atoms with Crippen LogP contribution in [0.4, 0.5) is 0 Å². The highest BCUT2D eigenvalue weighted by Gasteiger charge is 2.17. The average molecular weight is 315 g/mol. The summed E-state index contributed by atoms with van der Waals surface area (Å²) in [5.74, 6) is 0.819. The van der Waals surface area contributed by atoms with Gasteiger partial charge in [0.15, 0.2) is 8.32 Å². The molecule has 2 heteroatoms. The molecule has 1 atom stereocenters. The predicted molar refractivity (Wildman–Crippen MR) is 99.5 cm³/mol. The van der Waals surface area contributed by atoms with E-state index in [0.29, 0.717) is 0 Å². The Morgan fingerprint density at radius 3 is 1.57 bits per heavy atom. The highest BCUT2D eigenvalue weighted by molar-refractivity contribution is 6.69. The lowest BCUT2D eigenvalue weighted by atomic mass is 9.95. The molecule has 0 rings (SSSR count). The summed E-state index contributed by atoms with van der Waals surface area (Å²) in [5, 5.41) is 0. The fourth-order valence-corrected chi connectivity index (χ4v) is 3.49. The molecule has 0 saturated heterocycles. The largest absolute Gasteiger partial charge is 0.417 e. The zero-order chi connectivity index (χ0) is 16.0. The highest BCUT2D eigenvalue weighted by Crippen LogP contribution is 2.20. The summed E-state index contributed by atoms with van der Waals surface area (Å²) in [6.45, 7) is 12.5. The van der Waals surface area contributed by atoms with E-state index in [2.05, 4.69) is 33.5 Å². The topological polar surface area (TPSA) is 9.23 Å². The minimum atomic E-state index is -1.34. The van der Waals surface area contributed by atoms with Crippen LogP contribution in [0.15, 0.2) is 0 Å². The quantitative estimate of drug-likeness (QED) is 0.230. The first-order chi connectivity index (χ1) is 9.99. The molecule has 0 saturated carbocycles. The molecule has 0 aliphatic heterocycles. The highest BCUT2D eigenvalue weighted by atomic mass is 28.4. The zero-order valence-corrected chi connectivity index (χ0v) is 16.7. The van der Waals surface area contributed by atoms with Crippen LogP contribution in [-0.2, 0) is 4.43 Å². The van der Waals surface area contributed by atoms with Crippen LogP contribution in [0.5, 0.6) is 0 Å². The summed E-state index contributed by atoms with van der Waals surface area (Å²) in [4.78, 5) is 0. The van der Waals surface area contributed by atoms with E-state index >= 15 is 0 Å². The van der Waals surface area contributed by atoms with E-state index in [4.69, 9.17) is 4.43 Å². The van der Waals surface area contributed by atoms with Crippen LogP contribution < -0.4 is 0 Å². The molecule has 128 valence electrons. The summed E-state index contributed by atoms with van der Waals surface area (Å²) < 4.78 is 6.18. The number of rotatable bonds is 15. The maximum atomic E-state index is 6.18. The third-order valence-electron chi connectivity index (χ3n) is 4.18. The molecule has 0 aromatic rings. The van der Waals surface area contributed by atoms with E-state index in [1.165, 1.54) is 77.0 Å². The molecule has 21 heavy (non-hydrogen) atoms. The lowest BCUT2D eigenvalue weighted by Gasteiger charge is -2.23. The Hall–Kier alpha value is 0.177. The monoisotopic (exact) mass is 314 g/mol. The lowest BCUT2D eigenvalue weighted by Crippen LogP contribution is -2.28. The van der Waals surface area contributed by atoms with Gasteiger partial charge in [-0.2, -0.15) is 0 Å². The van der Waals surface area contributed by atoms with Gasteiger partial charge in [0.2, 0.25) is 0 Å². The maximum Gasteiger partial charge on any atom is 0.183 e. The molecule has 0 aromatic carbocycles. The molecule has 0 spiro atoms. The van der Waals surface area contributed by atoms with Crippen molar-refractivity contribution in [3.05, 3.63) is 0 Å². The van der Waals surface area contributed by atoms with Crippen LogP contribution in [0.2, 0.25) is 19.6 Å². The van der Waals surface area contributed by atoms with Crippen molar-refractivity contribution in [1.29, 1.82) is 0 Å². The molecule has 0 amide bonds. The van der Waals surface area contributed by atoms with Gasteiger partial charge in [-0.3, -0.25) is 0 Å². The van der Waals surface area contributed by atoms with E-state index in [-0.39, 0.29) is 0 Å². The Balaban J connectivity index is 3.83. The van der Waals surface area contributed by atoms with Crippen molar-refractivity contribution < 1.29 is 4.43 Å². The molecule has 0 N–H and O–H groups in total. The van der Waals surface area contributed by atoms with E-state index < -0.39 is 8.32 Å². The molecule has 1 unspecified atom stereocenters. The Labute approximate surface area is 136 Å². The Morgan fingerprint density at radius 2 is 1.10 bits per heavy atom. The van der Waals surface area contributed by atoms with Gasteiger partial charge in [-0.25, -0.2) is 0 Å². The summed E-state index contributed by atoms with van der Waals surface area (Å²) in [7, 11) is -1.34. The molecule has 0 bridgehead atoms. The van der Waals surface area contributed by atoms with Crippen molar-refractivity contribution in [3.63, 3.8) is 0 Å². The fourth-order valence-electron chi connectivity index (χ4n) is 2.75. The molecule has 1 nitrogen and oxygen atoms in total. The molecule has 0 heterocycles. The van der Waals surface area contributed by atoms with Gasteiger partial charge in [-0.05, 0) is 38.4 Å². The Bertz CT molecular complexity index is 210. The Morgan fingerprint density at radius 1 is 0.667 bits per heavy atom. The fraction of sp³-hybridized carbons (Fsp3) is 1.00. The average Bonchev–Trinajstić information content (AvgIpc) is 2.42. The standard InChI is InChI=1S/C19H42OSi/c1-6-8-10-12-13-15-17-19(16-14-11-9-7-2)18-20-21(3,4)5/h19H,6-18H2,1-5H3. The minimum Gasteiger partial charge on any atom is -0.417 e. The minimum absolute atomic E-state index is 0.819. The summed E-state index contributed by atoms with van der Waals surface area (Å²) in [6.07, 6.45) is 16.8. The normalized spacial score (nSPS) is 13.6. The second kappa shape index (κ2) is 13.8. The van der Waals surface area contributed by atoms with Crippen LogP contribution in [0.3, 0.4) is 0 Å². The second-order valence-corrected chi connectivity index (χ2v) is 12.2. The van der Waals surface area contributed by atoms with Crippen LogP contribution >= 0.6 is 0 Å². The van der Waals surface area contributed by atoms with Crippen molar-refractivity contribution in [2.75, 3.05) is 6.61 Å². The summed E-state index contributed by atoms with van der Waals surface area (Å²) in [6, 6.07) is 0. The van der Waals surface area contributed by atoms with Crippen molar-refractivity contribution in [3.8, 4) is 0 Å². The van der Waals surface area contributed by atoms with Gasteiger partial charge in [0.25, 0.3) is 0 Å². The molecular formula is C19H42OSi. The van der Waals surface area contributed by atoms with Crippen molar-refractivity contribution >= 4 is 8.32 Å². The maximum absolute atomic E-state index is 6.18. The predicted octanol–water partition coefficient (Wildman–Crippen LogP) is 7.18. The SMILES string of the molecule is CCCCCCCCC(CCCCCC)CO[Si](C)(C)C. The van der Waals surface area contributed by atoms with Crippen molar-refractivity contribution in [2.24, 2.45) is 5.92 Å². The van der Waals surface area contributed by atoms with Crippen LogP contribution in [0, 0.1) is 5.92 Å². The van der Waals surface area contributed by atoms with Crippen LogP contribution in [0.1, 0.15) is 90.9 Å². The number of unbranched alkanes of at least 4 members (excludes halogenated alkanes) is 8. The van der Waals surface area contributed by atoms with E-state index in [1.54, 1.807) is 0 Å². The summed E-state index contributed by atoms with van der Waals surface area (Å²) in [5.41, 5.74) is 0. The van der Waals surface area contributed by atoms with Gasteiger partial charge in [0.1, 0.15) is 0 Å². The lowest BCUT2D eigenvalue weighted by molar-refractivity contribution is 0.218. The van der Waals surface area contributed by atoms with Gasteiger partial charge < -0.3 is 4.43 Å². The second-order valence-electron chi connectivity index (χ2n) is 7.70. The van der Waals surface area contributed by atoms with E-state index in [9.17, 15) is 0 Å². The van der Waals surface area contributed by atoms with Crippen molar-refractivity contribution in [2.45, 2.75) is 111 Å².